The van der Waals surface area contributed by atoms with Crippen LogP contribution < -0.4 is 0 Å². The van der Waals surface area contributed by atoms with Crippen LogP contribution in [0.4, 0.5) is 0 Å². The van der Waals surface area contributed by atoms with E-state index in [1.807, 2.05) is 18.0 Å². The third-order valence-electron chi connectivity index (χ3n) is 9.19. The maximum Gasteiger partial charge on any atom is 0.0353 e. The molecule has 0 N–H and O–H groups in total. The Morgan fingerprint density at radius 2 is 0.979 bits per heavy atom. The average Bonchev–Trinajstić information content (AvgIpc) is 3.15. The largest absolute Gasteiger partial charge is 0.264 e. The lowest BCUT2D eigenvalue weighted by Gasteiger charge is -2.19. The third-order valence-corrected chi connectivity index (χ3v) is 10.3. The third kappa shape index (κ3) is 4.77. The van der Waals surface area contributed by atoms with Crippen molar-refractivity contribution in [3.63, 3.8) is 0 Å². The van der Waals surface area contributed by atoms with Crippen molar-refractivity contribution in [3.05, 3.63) is 176 Å². The molecular formula is C45H29NS. The highest BCUT2D eigenvalue weighted by Gasteiger charge is 2.19. The van der Waals surface area contributed by atoms with E-state index in [2.05, 4.69) is 175 Å². The van der Waals surface area contributed by atoms with Gasteiger partial charge in [0, 0.05) is 27.6 Å². The van der Waals surface area contributed by atoms with Gasteiger partial charge in [-0.3, -0.25) is 4.98 Å². The van der Waals surface area contributed by atoms with E-state index in [4.69, 9.17) is 0 Å². The zero-order valence-corrected chi connectivity index (χ0v) is 26.4. The molecule has 0 aliphatic heterocycles. The van der Waals surface area contributed by atoms with E-state index in [1.165, 1.54) is 86.3 Å². The molecule has 2 heteroatoms. The maximum absolute atomic E-state index is 4.69. The van der Waals surface area contributed by atoms with E-state index in [0.717, 1.165) is 0 Å². The van der Waals surface area contributed by atoms with Gasteiger partial charge >= 0.3 is 0 Å². The van der Waals surface area contributed by atoms with Gasteiger partial charge in [0.25, 0.3) is 0 Å². The van der Waals surface area contributed by atoms with Gasteiger partial charge in [-0.25, -0.2) is 0 Å². The Hall–Kier alpha value is -5.70. The number of hydrogen-bond donors (Lipinski definition) is 0. The van der Waals surface area contributed by atoms with Gasteiger partial charge in [-0.15, -0.1) is 0 Å². The van der Waals surface area contributed by atoms with Crippen molar-refractivity contribution in [2.75, 3.05) is 0 Å². The van der Waals surface area contributed by atoms with Gasteiger partial charge in [0.1, 0.15) is 0 Å². The Morgan fingerprint density at radius 3 is 1.74 bits per heavy atom. The van der Waals surface area contributed by atoms with E-state index in [1.54, 1.807) is 0 Å². The summed E-state index contributed by atoms with van der Waals surface area (Å²) in [5, 5.41) is 9.91. The molecule has 0 aliphatic rings. The van der Waals surface area contributed by atoms with E-state index >= 15 is 0 Å². The Kier molecular flexibility index (Phi) is 6.80. The van der Waals surface area contributed by atoms with E-state index in [-0.39, 0.29) is 0 Å². The zero-order valence-electron chi connectivity index (χ0n) is 25.6. The molecule has 220 valence electrons. The first kappa shape index (κ1) is 27.6. The van der Waals surface area contributed by atoms with Gasteiger partial charge in [-0.1, -0.05) is 151 Å². The number of nitrogens with zero attached hydrogens (tertiary/aromatic N) is 1. The molecule has 0 amide bonds. The van der Waals surface area contributed by atoms with Crippen molar-refractivity contribution < 1.29 is 0 Å². The van der Waals surface area contributed by atoms with Gasteiger partial charge in [0.15, 0.2) is 0 Å². The normalized spacial score (nSPS) is 11.5. The van der Waals surface area contributed by atoms with Crippen molar-refractivity contribution in [1.82, 2.24) is 4.98 Å². The summed E-state index contributed by atoms with van der Waals surface area (Å²) in [6.07, 6.45) is 3.98. The van der Waals surface area contributed by atoms with E-state index < -0.39 is 0 Å². The second kappa shape index (κ2) is 11.6. The fraction of sp³-hybridized carbons (Fsp3) is 0. The SMILES string of the molecule is c1ccc(-c2ccc(Sc3c4ccccc4c(-c4cc5ccccc5c5ccccc45)c4cnccc34)cc2-c2ccccc2)cc1. The molecule has 1 aromatic heterocycles. The van der Waals surface area contributed by atoms with Crippen LogP contribution in [0.25, 0.3) is 76.5 Å². The van der Waals surface area contributed by atoms with Gasteiger partial charge in [0.05, 0.1) is 0 Å². The van der Waals surface area contributed by atoms with Crippen LogP contribution in [-0.2, 0) is 0 Å². The molecule has 0 bridgehead atoms. The van der Waals surface area contributed by atoms with Crippen molar-refractivity contribution in [2.24, 2.45) is 0 Å². The predicted molar refractivity (Wildman–Crippen MR) is 201 cm³/mol. The molecule has 9 rings (SSSR count). The van der Waals surface area contributed by atoms with E-state index in [0.29, 0.717) is 0 Å². The van der Waals surface area contributed by atoms with Crippen LogP contribution in [0.2, 0.25) is 0 Å². The van der Waals surface area contributed by atoms with E-state index in [9.17, 15) is 0 Å². The van der Waals surface area contributed by atoms with Gasteiger partial charge in [-0.2, -0.15) is 0 Å². The topological polar surface area (TPSA) is 12.9 Å². The summed E-state index contributed by atoms with van der Waals surface area (Å²) >= 11 is 1.84. The molecule has 0 unspecified atom stereocenters. The minimum absolute atomic E-state index is 1.17. The van der Waals surface area contributed by atoms with Crippen molar-refractivity contribution in [1.29, 1.82) is 0 Å². The first-order chi connectivity index (χ1) is 23.3. The summed E-state index contributed by atoms with van der Waals surface area (Å²) in [5.74, 6) is 0. The summed E-state index contributed by atoms with van der Waals surface area (Å²) in [6, 6.07) is 59.3. The van der Waals surface area contributed by atoms with Crippen LogP contribution in [0.1, 0.15) is 0 Å². The van der Waals surface area contributed by atoms with Crippen LogP contribution in [0.5, 0.6) is 0 Å². The van der Waals surface area contributed by atoms with Crippen LogP contribution in [-0.4, -0.2) is 4.98 Å². The Balaban J connectivity index is 1.29. The van der Waals surface area contributed by atoms with Gasteiger partial charge < -0.3 is 0 Å². The molecule has 1 nitrogen and oxygen atoms in total. The van der Waals surface area contributed by atoms with Crippen LogP contribution in [0.15, 0.2) is 186 Å². The standard InChI is InChI=1S/C45H29NS/c1-3-13-30(14-4-1)35-24-23-33(28-41(35)31-15-5-2-6-16-31)47-45-39-22-12-11-21-38(39)44(43-29-46-26-25-40(43)45)42-27-32-17-7-8-18-34(32)36-19-9-10-20-37(36)42/h1-29H. The summed E-state index contributed by atoms with van der Waals surface area (Å²) in [4.78, 5) is 7.14. The molecule has 0 radical (unpaired) electrons. The lowest BCUT2D eigenvalue weighted by Crippen LogP contribution is -1.92. The highest BCUT2D eigenvalue weighted by Crippen LogP contribution is 2.48. The Bertz CT molecular complexity index is 2530. The molecule has 0 atom stereocenters. The van der Waals surface area contributed by atoms with Gasteiger partial charge in [0.2, 0.25) is 0 Å². The predicted octanol–water partition coefficient (Wildman–Crippen LogP) is 12.8. The Morgan fingerprint density at radius 1 is 0.383 bits per heavy atom. The number of pyridine rings is 1. The molecule has 0 spiro atoms. The molecule has 0 saturated heterocycles. The fourth-order valence-corrected chi connectivity index (χ4v) is 8.20. The quantitative estimate of drug-likeness (QED) is 0.141. The number of rotatable bonds is 5. The fourth-order valence-electron chi connectivity index (χ4n) is 7.07. The van der Waals surface area contributed by atoms with Gasteiger partial charge in [-0.05, 0) is 95.3 Å². The number of fused-ring (bicyclic) bond motifs is 5. The van der Waals surface area contributed by atoms with Crippen LogP contribution >= 0.6 is 11.8 Å². The lowest BCUT2D eigenvalue weighted by molar-refractivity contribution is 1.36. The Labute approximate surface area is 278 Å². The zero-order chi connectivity index (χ0) is 31.2. The first-order valence-electron chi connectivity index (χ1n) is 16.0. The smallest absolute Gasteiger partial charge is 0.0353 e. The number of hydrogen-bond acceptors (Lipinski definition) is 2. The molecular weight excluding hydrogens is 587 g/mol. The van der Waals surface area contributed by atoms with Crippen molar-refractivity contribution in [3.8, 4) is 33.4 Å². The minimum Gasteiger partial charge on any atom is -0.264 e. The van der Waals surface area contributed by atoms with Crippen LogP contribution in [0.3, 0.4) is 0 Å². The minimum atomic E-state index is 1.17. The molecule has 1 heterocycles. The molecule has 9 aromatic rings. The molecule has 47 heavy (non-hydrogen) atoms. The molecule has 0 fully saturated rings. The monoisotopic (exact) mass is 615 g/mol. The summed E-state index contributed by atoms with van der Waals surface area (Å²) in [7, 11) is 0. The second-order valence-corrected chi connectivity index (χ2v) is 13.0. The highest BCUT2D eigenvalue weighted by atomic mass is 32.2. The highest BCUT2D eigenvalue weighted by molar-refractivity contribution is 7.99. The van der Waals surface area contributed by atoms with Crippen LogP contribution in [0, 0.1) is 0 Å². The number of benzene rings is 8. The summed E-state index contributed by atoms with van der Waals surface area (Å²) < 4.78 is 0. The maximum atomic E-state index is 4.69. The first-order valence-corrected chi connectivity index (χ1v) is 16.8. The lowest BCUT2D eigenvalue weighted by atomic mass is 9.88. The van der Waals surface area contributed by atoms with Crippen molar-refractivity contribution in [2.45, 2.75) is 9.79 Å². The molecule has 8 aromatic carbocycles. The number of aromatic nitrogens is 1. The molecule has 0 aliphatic carbocycles. The molecule has 0 saturated carbocycles. The summed E-state index contributed by atoms with van der Waals surface area (Å²) in [6.45, 7) is 0. The second-order valence-electron chi connectivity index (χ2n) is 11.9. The van der Waals surface area contributed by atoms with Crippen molar-refractivity contribution >= 4 is 54.9 Å². The summed E-state index contributed by atoms with van der Waals surface area (Å²) in [5.41, 5.74) is 7.38. The average molecular weight is 616 g/mol.